The summed E-state index contributed by atoms with van der Waals surface area (Å²) in [5, 5.41) is -0.137. The van der Waals surface area contributed by atoms with Crippen molar-refractivity contribution in [1.82, 2.24) is 14.5 Å². The first-order chi connectivity index (χ1) is 9.68. The number of hydrogen-bond acceptors (Lipinski definition) is 2. The Hall–Kier alpha value is -1.87. The van der Waals surface area contributed by atoms with Crippen molar-refractivity contribution in [2.24, 2.45) is 0 Å². The summed E-state index contributed by atoms with van der Waals surface area (Å²) in [5.41, 5.74) is 3.23. The van der Waals surface area contributed by atoms with Crippen molar-refractivity contribution in [1.29, 1.82) is 0 Å². The third-order valence-corrected chi connectivity index (χ3v) is 3.73. The van der Waals surface area contributed by atoms with Gasteiger partial charge in [-0.05, 0) is 37.6 Å². The molecule has 2 atom stereocenters. The third-order valence-electron chi connectivity index (χ3n) is 3.53. The number of imidazole rings is 1. The van der Waals surface area contributed by atoms with Crippen LogP contribution in [0.2, 0.25) is 0 Å². The number of pyridine rings is 1. The molecule has 0 amide bonds. The first-order valence-electron chi connectivity index (χ1n) is 6.69. The van der Waals surface area contributed by atoms with Crippen LogP contribution in [0, 0.1) is 0 Å². The molecule has 3 nitrogen and oxygen atoms in total. The zero-order chi connectivity index (χ0) is 14.1. The SMILES string of the molecule is CC(Cl)c1nc2ccccc2n1C(C)c1cccnc1. The van der Waals surface area contributed by atoms with E-state index in [2.05, 4.69) is 33.6 Å². The van der Waals surface area contributed by atoms with Gasteiger partial charge in [0.25, 0.3) is 0 Å². The average Bonchev–Trinajstić information content (AvgIpc) is 2.87. The summed E-state index contributed by atoms with van der Waals surface area (Å²) in [7, 11) is 0. The van der Waals surface area contributed by atoms with E-state index in [0.29, 0.717) is 0 Å². The Labute approximate surface area is 123 Å². The van der Waals surface area contributed by atoms with Crippen molar-refractivity contribution in [3.8, 4) is 0 Å². The third kappa shape index (κ3) is 2.18. The molecule has 20 heavy (non-hydrogen) atoms. The van der Waals surface area contributed by atoms with E-state index in [9.17, 15) is 0 Å². The van der Waals surface area contributed by atoms with Crippen LogP contribution in [0.3, 0.4) is 0 Å². The van der Waals surface area contributed by atoms with Gasteiger partial charge in [0.05, 0.1) is 22.5 Å². The molecule has 0 aliphatic heterocycles. The quantitative estimate of drug-likeness (QED) is 0.670. The van der Waals surface area contributed by atoms with Crippen LogP contribution in [0.25, 0.3) is 11.0 Å². The molecular formula is C16H16ClN3. The van der Waals surface area contributed by atoms with Gasteiger partial charge in [0, 0.05) is 12.4 Å². The van der Waals surface area contributed by atoms with Crippen LogP contribution >= 0.6 is 11.6 Å². The summed E-state index contributed by atoms with van der Waals surface area (Å²) in [6, 6.07) is 12.3. The number of rotatable bonds is 3. The Balaban J connectivity index is 2.21. The van der Waals surface area contributed by atoms with Gasteiger partial charge in [-0.25, -0.2) is 4.98 Å². The number of benzene rings is 1. The van der Waals surface area contributed by atoms with Crippen LogP contribution in [-0.2, 0) is 0 Å². The minimum Gasteiger partial charge on any atom is -0.319 e. The van der Waals surface area contributed by atoms with E-state index in [0.717, 1.165) is 22.4 Å². The summed E-state index contributed by atoms with van der Waals surface area (Å²) >= 11 is 6.31. The molecule has 4 heteroatoms. The molecule has 0 aliphatic carbocycles. The Morgan fingerprint density at radius 1 is 1.10 bits per heavy atom. The van der Waals surface area contributed by atoms with Gasteiger partial charge in [0.2, 0.25) is 0 Å². The summed E-state index contributed by atoms with van der Waals surface area (Å²) in [5.74, 6) is 0.893. The lowest BCUT2D eigenvalue weighted by atomic mass is 10.1. The molecule has 0 spiro atoms. The van der Waals surface area contributed by atoms with Crippen molar-refractivity contribution in [2.45, 2.75) is 25.3 Å². The van der Waals surface area contributed by atoms with Crippen molar-refractivity contribution < 1.29 is 0 Å². The lowest BCUT2D eigenvalue weighted by Crippen LogP contribution is -2.11. The molecule has 0 fully saturated rings. The predicted octanol–water partition coefficient (Wildman–Crippen LogP) is 4.34. The van der Waals surface area contributed by atoms with E-state index < -0.39 is 0 Å². The number of fused-ring (bicyclic) bond motifs is 1. The number of para-hydroxylation sites is 2. The fourth-order valence-corrected chi connectivity index (χ4v) is 2.68. The van der Waals surface area contributed by atoms with Gasteiger partial charge < -0.3 is 4.57 Å². The molecule has 1 aromatic carbocycles. The van der Waals surface area contributed by atoms with Gasteiger partial charge in [-0.1, -0.05) is 18.2 Å². The highest BCUT2D eigenvalue weighted by Gasteiger charge is 2.19. The maximum absolute atomic E-state index is 6.31. The molecule has 0 bridgehead atoms. The molecule has 0 saturated heterocycles. The van der Waals surface area contributed by atoms with Gasteiger partial charge in [-0.2, -0.15) is 0 Å². The van der Waals surface area contributed by atoms with E-state index in [4.69, 9.17) is 11.6 Å². The molecule has 3 aromatic rings. The molecule has 0 saturated carbocycles. The topological polar surface area (TPSA) is 30.7 Å². The zero-order valence-corrected chi connectivity index (χ0v) is 12.2. The van der Waals surface area contributed by atoms with E-state index >= 15 is 0 Å². The summed E-state index contributed by atoms with van der Waals surface area (Å²) in [4.78, 5) is 8.87. The molecule has 0 N–H and O–H groups in total. The fourth-order valence-electron chi connectivity index (χ4n) is 2.52. The molecule has 3 rings (SSSR count). The number of alkyl halides is 1. The standard InChI is InChI=1S/C16H16ClN3/c1-11(17)16-19-14-7-3-4-8-15(14)20(16)12(2)13-6-5-9-18-10-13/h3-12H,1-2H3. The van der Waals surface area contributed by atoms with Crippen LogP contribution in [0.15, 0.2) is 48.8 Å². The van der Waals surface area contributed by atoms with Gasteiger partial charge in [-0.15, -0.1) is 11.6 Å². The number of nitrogens with zero attached hydrogens (tertiary/aromatic N) is 3. The molecule has 2 unspecified atom stereocenters. The van der Waals surface area contributed by atoms with Gasteiger partial charge in [0.1, 0.15) is 5.82 Å². The minimum atomic E-state index is -0.137. The van der Waals surface area contributed by atoms with Gasteiger partial charge in [0.15, 0.2) is 0 Å². The summed E-state index contributed by atoms with van der Waals surface area (Å²) < 4.78 is 2.20. The highest BCUT2D eigenvalue weighted by atomic mass is 35.5. The lowest BCUT2D eigenvalue weighted by Gasteiger charge is -2.18. The second-order valence-corrected chi connectivity index (χ2v) is 5.56. The van der Waals surface area contributed by atoms with Crippen molar-refractivity contribution in [3.05, 3.63) is 60.2 Å². The molecule has 0 radical (unpaired) electrons. The van der Waals surface area contributed by atoms with Gasteiger partial charge in [-0.3, -0.25) is 4.98 Å². The van der Waals surface area contributed by atoms with Crippen molar-refractivity contribution in [2.75, 3.05) is 0 Å². The molecule has 0 aliphatic rings. The zero-order valence-electron chi connectivity index (χ0n) is 11.5. The monoisotopic (exact) mass is 285 g/mol. The normalized spacial score (nSPS) is 14.3. The van der Waals surface area contributed by atoms with E-state index in [1.165, 1.54) is 0 Å². The maximum Gasteiger partial charge on any atom is 0.128 e. The lowest BCUT2D eigenvalue weighted by molar-refractivity contribution is 0.616. The number of halogens is 1. The summed E-state index contributed by atoms with van der Waals surface area (Å²) in [6.45, 7) is 4.10. The molecule has 2 heterocycles. The number of aromatic nitrogens is 3. The van der Waals surface area contributed by atoms with Crippen LogP contribution < -0.4 is 0 Å². The minimum absolute atomic E-state index is 0.137. The molecular weight excluding hydrogens is 270 g/mol. The molecule has 2 aromatic heterocycles. The molecule has 102 valence electrons. The first kappa shape index (κ1) is 13.1. The second-order valence-electron chi connectivity index (χ2n) is 4.91. The van der Waals surface area contributed by atoms with Crippen LogP contribution in [0.5, 0.6) is 0 Å². The Morgan fingerprint density at radius 3 is 2.60 bits per heavy atom. The summed E-state index contributed by atoms with van der Waals surface area (Å²) in [6.07, 6.45) is 3.68. The largest absolute Gasteiger partial charge is 0.319 e. The smallest absolute Gasteiger partial charge is 0.128 e. The van der Waals surface area contributed by atoms with Crippen molar-refractivity contribution >= 4 is 22.6 Å². The van der Waals surface area contributed by atoms with Crippen LogP contribution in [0.4, 0.5) is 0 Å². The Bertz CT molecular complexity index is 719. The highest BCUT2D eigenvalue weighted by Crippen LogP contribution is 2.30. The van der Waals surface area contributed by atoms with Gasteiger partial charge >= 0.3 is 0 Å². The average molecular weight is 286 g/mol. The van der Waals surface area contributed by atoms with Crippen molar-refractivity contribution in [3.63, 3.8) is 0 Å². The highest BCUT2D eigenvalue weighted by molar-refractivity contribution is 6.20. The maximum atomic E-state index is 6.31. The van der Waals surface area contributed by atoms with E-state index in [1.807, 2.05) is 37.4 Å². The predicted molar refractivity (Wildman–Crippen MR) is 82.1 cm³/mol. The van der Waals surface area contributed by atoms with Crippen LogP contribution in [-0.4, -0.2) is 14.5 Å². The Morgan fingerprint density at radius 2 is 1.90 bits per heavy atom. The Kier molecular flexibility index (Phi) is 3.45. The van der Waals surface area contributed by atoms with E-state index in [-0.39, 0.29) is 11.4 Å². The first-order valence-corrected chi connectivity index (χ1v) is 7.13. The fraction of sp³-hybridized carbons (Fsp3) is 0.250. The number of hydrogen-bond donors (Lipinski definition) is 0. The van der Waals surface area contributed by atoms with E-state index in [1.54, 1.807) is 6.20 Å². The second kappa shape index (κ2) is 5.25. The van der Waals surface area contributed by atoms with Crippen LogP contribution in [0.1, 0.15) is 36.7 Å².